The van der Waals surface area contributed by atoms with Crippen LogP contribution in [-0.4, -0.2) is 31.7 Å². The number of benzene rings is 2. The summed E-state index contributed by atoms with van der Waals surface area (Å²) in [7, 11) is 0. The predicted octanol–water partition coefficient (Wildman–Crippen LogP) is 2.48. The molecule has 1 N–H and O–H groups in total. The van der Waals surface area contributed by atoms with Crippen LogP contribution >= 0.6 is 0 Å². The molecule has 0 bridgehead atoms. The molecule has 1 fully saturated rings. The molecular formula is C19H16F2N2O4. The Morgan fingerprint density at radius 2 is 1.96 bits per heavy atom. The predicted molar refractivity (Wildman–Crippen MR) is 91.7 cm³/mol. The van der Waals surface area contributed by atoms with Crippen LogP contribution in [0.4, 0.5) is 14.5 Å². The summed E-state index contributed by atoms with van der Waals surface area (Å²) in [5, 5.41) is 2.61. The van der Waals surface area contributed by atoms with Crippen LogP contribution in [0.1, 0.15) is 16.8 Å². The highest BCUT2D eigenvalue weighted by Gasteiger charge is 2.32. The van der Waals surface area contributed by atoms with E-state index in [9.17, 15) is 18.4 Å². The van der Waals surface area contributed by atoms with Gasteiger partial charge < -0.3 is 19.7 Å². The number of hydrogen-bond donors (Lipinski definition) is 1. The highest BCUT2D eigenvalue weighted by Crippen LogP contribution is 2.37. The van der Waals surface area contributed by atoms with Gasteiger partial charge in [-0.05, 0) is 24.3 Å². The maximum atomic E-state index is 13.7. The van der Waals surface area contributed by atoms with Crippen molar-refractivity contribution in [2.75, 3.05) is 24.8 Å². The number of fused-ring (bicyclic) bond motifs is 1. The summed E-state index contributed by atoms with van der Waals surface area (Å²) in [6.07, 6.45) is 0.265. The lowest BCUT2D eigenvalue weighted by Crippen LogP contribution is -2.31. The van der Waals surface area contributed by atoms with Crippen LogP contribution in [-0.2, 0) is 4.79 Å². The second-order valence-electron chi connectivity index (χ2n) is 6.45. The Labute approximate surface area is 153 Å². The molecule has 6 nitrogen and oxygen atoms in total. The number of rotatable bonds is 4. The number of hydrogen-bond acceptors (Lipinski definition) is 4. The third-order valence-corrected chi connectivity index (χ3v) is 4.60. The number of amides is 2. The van der Waals surface area contributed by atoms with E-state index in [0.29, 0.717) is 29.8 Å². The molecule has 2 heterocycles. The van der Waals surface area contributed by atoms with E-state index in [0.717, 1.165) is 12.1 Å². The molecule has 0 aliphatic carbocycles. The molecule has 2 aliphatic rings. The zero-order valence-electron chi connectivity index (χ0n) is 14.2. The highest BCUT2D eigenvalue weighted by molar-refractivity contribution is 5.97. The first-order chi connectivity index (χ1) is 13.0. The van der Waals surface area contributed by atoms with Gasteiger partial charge in [-0.1, -0.05) is 0 Å². The van der Waals surface area contributed by atoms with Gasteiger partial charge in [0.05, 0.1) is 5.56 Å². The summed E-state index contributed by atoms with van der Waals surface area (Å²) in [6, 6.07) is 8.05. The summed E-state index contributed by atoms with van der Waals surface area (Å²) in [6.45, 7) is 0.786. The molecule has 4 rings (SSSR count). The first kappa shape index (κ1) is 17.3. The normalized spacial score (nSPS) is 18.1. The third-order valence-electron chi connectivity index (χ3n) is 4.60. The van der Waals surface area contributed by atoms with Gasteiger partial charge in [-0.25, -0.2) is 8.78 Å². The van der Waals surface area contributed by atoms with Gasteiger partial charge in [0.2, 0.25) is 12.7 Å². The van der Waals surface area contributed by atoms with Crippen LogP contribution in [0.2, 0.25) is 0 Å². The average Bonchev–Trinajstić information content (AvgIpc) is 3.25. The monoisotopic (exact) mass is 374 g/mol. The molecule has 140 valence electrons. The molecule has 0 spiro atoms. The summed E-state index contributed by atoms with van der Waals surface area (Å²) in [5.74, 6) is -1.26. The zero-order chi connectivity index (χ0) is 19.0. The van der Waals surface area contributed by atoms with Crippen LogP contribution in [0.25, 0.3) is 0 Å². The van der Waals surface area contributed by atoms with Gasteiger partial charge in [0.1, 0.15) is 11.6 Å². The topological polar surface area (TPSA) is 67.9 Å². The molecule has 1 unspecified atom stereocenters. The van der Waals surface area contributed by atoms with Gasteiger partial charge in [0.15, 0.2) is 11.5 Å². The molecule has 27 heavy (non-hydrogen) atoms. The van der Waals surface area contributed by atoms with Crippen LogP contribution < -0.4 is 19.7 Å². The van der Waals surface area contributed by atoms with Crippen molar-refractivity contribution in [2.45, 2.75) is 6.42 Å². The highest BCUT2D eigenvalue weighted by atomic mass is 19.1. The lowest BCUT2D eigenvalue weighted by Gasteiger charge is -2.17. The van der Waals surface area contributed by atoms with Crippen molar-refractivity contribution in [1.29, 1.82) is 0 Å². The van der Waals surface area contributed by atoms with E-state index in [4.69, 9.17) is 9.47 Å². The third kappa shape index (κ3) is 3.42. The first-order valence-electron chi connectivity index (χ1n) is 8.44. The molecule has 8 heteroatoms. The molecular weight excluding hydrogens is 358 g/mol. The van der Waals surface area contributed by atoms with E-state index < -0.39 is 17.5 Å². The first-order valence-corrected chi connectivity index (χ1v) is 8.44. The maximum Gasteiger partial charge on any atom is 0.254 e. The quantitative estimate of drug-likeness (QED) is 0.893. The Hall–Kier alpha value is -3.16. The van der Waals surface area contributed by atoms with Crippen molar-refractivity contribution >= 4 is 17.5 Å². The van der Waals surface area contributed by atoms with Crippen molar-refractivity contribution in [1.82, 2.24) is 5.32 Å². The maximum absolute atomic E-state index is 13.7. The van der Waals surface area contributed by atoms with Gasteiger partial charge in [-0.3, -0.25) is 9.59 Å². The van der Waals surface area contributed by atoms with E-state index >= 15 is 0 Å². The Morgan fingerprint density at radius 3 is 2.78 bits per heavy atom. The van der Waals surface area contributed by atoms with Gasteiger partial charge in [0.25, 0.3) is 5.91 Å². The number of ether oxygens (including phenoxy) is 2. The lowest BCUT2D eigenvalue weighted by atomic mass is 10.1. The summed E-state index contributed by atoms with van der Waals surface area (Å²) < 4.78 is 37.2. The summed E-state index contributed by atoms with van der Waals surface area (Å²) >= 11 is 0. The van der Waals surface area contributed by atoms with Gasteiger partial charge >= 0.3 is 0 Å². The number of carbonyl (C=O) groups excluding carboxylic acids is 2. The fraction of sp³-hybridized carbons (Fsp3) is 0.263. The summed E-state index contributed by atoms with van der Waals surface area (Å²) in [5.41, 5.74) is 0.469. The molecule has 2 aromatic rings. The minimum Gasteiger partial charge on any atom is -0.454 e. The number of carbonyl (C=O) groups is 2. The molecule has 0 saturated carbocycles. The molecule has 1 atom stereocenters. The van der Waals surface area contributed by atoms with Crippen LogP contribution in [0.3, 0.4) is 0 Å². The zero-order valence-corrected chi connectivity index (χ0v) is 14.2. The Morgan fingerprint density at radius 1 is 1.15 bits per heavy atom. The van der Waals surface area contributed by atoms with Crippen molar-refractivity contribution in [3.8, 4) is 11.5 Å². The Bertz CT molecular complexity index is 919. The number of nitrogens with zero attached hydrogens (tertiary/aromatic N) is 1. The fourth-order valence-corrected chi connectivity index (χ4v) is 3.23. The summed E-state index contributed by atoms with van der Waals surface area (Å²) in [4.78, 5) is 26.0. The molecule has 1 saturated heterocycles. The van der Waals surface area contributed by atoms with Crippen molar-refractivity contribution in [2.24, 2.45) is 5.92 Å². The van der Waals surface area contributed by atoms with Gasteiger partial charge in [-0.2, -0.15) is 0 Å². The number of nitrogens with one attached hydrogen (secondary N) is 1. The van der Waals surface area contributed by atoms with E-state index in [1.54, 1.807) is 23.1 Å². The van der Waals surface area contributed by atoms with Crippen molar-refractivity contribution in [3.63, 3.8) is 0 Å². The van der Waals surface area contributed by atoms with E-state index in [2.05, 4.69) is 5.32 Å². The van der Waals surface area contributed by atoms with Gasteiger partial charge in [-0.15, -0.1) is 0 Å². The molecule has 0 aromatic heterocycles. The van der Waals surface area contributed by atoms with Crippen LogP contribution in [0.5, 0.6) is 11.5 Å². The SMILES string of the molecule is O=C(NCC1CC(=O)N(c2ccc3c(c2)OCO3)C1)c1ccc(F)cc1F. The minimum atomic E-state index is -0.919. The number of halogens is 2. The largest absolute Gasteiger partial charge is 0.454 e. The van der Waals surface area contributed by atoms with Crippen molar-refractivity contribution < 1.29 is 27.8 Å². The molecule has 2 aromatic carbocycles. The van der Waals surface area contributed by atoms with Gasteiger partial charge in [0, 0.05) is 43.2 Å². The lowest BCUT2D eigenvalue weighted by molar-refractivity contribution is -0.117. The van der Waals surface area contributed by atoms with Crippen LogP contribution in [0.15, 0.2) is 36.4 Å². The number of anilines is 1. The Kier molecular flexibility index (Phi) is 4.39. The fourth-order valence-electron chi connectivity index (χ4n) is 3.23. The van der Waals surface area contributed by atoms with E-state index in [-0.39, 0.29) is 37.1 Å². The molecule has 2 amide bonds. The molecule has 0 radical (unpaired) electrons. The minimum absolute atomic E-state index is 0.0684. The standard InChI is InChI=1S/C19H16F2N2O4/c20-12-1-3-14(15(21)6-12)19(25)22-8-11-5-18(24)23(9-11)13-2-4-16-17(7-13)27-10-26-16/h1-4,6-7,11H,5,8-10H2,(H,22,25). The second kappa shape index (κ2) is 6.86. The van der Waals surface area contributed by atoms with E-state index in [1.165, 1.54) is 0 Å². The smallest absolute Gasteiger partial charge is 0.254 e. The second-order valence-corrected chi connectivity index (χ2v) is 6.45. The molecule has 2 aliphatic heterocycles. The van der Waals surface area contributed by atoms with Crippen LogP contribution in [0, 0.1) is 17.6 Å². The van der Waals surface area contributed by atoms with E-state index in [1.807, 2.05) is 0 Å². The van der Waals surface area contributed by atoms with Crippen molar-refractivity contribution in [3.05, 3.63) is 53.6 Å². The Balaban J connectivity index is 1.39. The average molecular weight is 374 g/mol.